The van der Waals surface area contributed by atoms with Crippen LogP contribution in [-0.2, 0) is 0 Å². The van der Waals surface area contributed by atoms with Crippen LogP contribution in [0.4, 0.5) is 5.69 Å². The molecule has 1 fully saturated rings. The molecule has 0 spiro atoms. The number of nitrogens with zero attached hydrogens (tertiary/aromatic N) is 3. The third kappa shape index (κ3) is 5.93. The number of nitrogens with one attached hydrogen (secondary N) is 1. The smallest absolute Gasteiger partial charge is 0.193 e. The molecule has 1 unspecified atom stereocenters. The number of halogens is 1. The zero-order valence-corrected chi connectivity index (χ0v) is 20.8. The lowest BCUT2D eigenvalue weighted by Gasteiger charge is -2.30. The van der Waals surface area contributed by atoms with Gasteiger partial charge in [-0.1, -0.05) is 42.5 Å². The Hall–Kier alpha value is -2.22. The zero-order chi connectivity index (χ0) is 20.8. The lowest BCUT2D eigenvalue weighted by Crippen LogP contribution is -2.45. The number of aliphatic imine (C=N–C) groups is 1. The Morgan fingerprint density at radius 1 is 1.13 bits per heavy atom. The Balaban J connectivity index is 0.00000272. The van der Waals surface area contributed by atoms with E-state index >= 15 is 0 Å². The highest BCUT2D eigenvalue weighted by atomic mass is 127. The predicted octanol–water partition coefficient (Wildman–Crippen LogP) is 4.50. The summed E-state index contributed by atoms with van der Waals surface area (Å²) in [6.45, 7) is 5.02. The maximum Gasteiger partial charge on any atom is 0.193 e. The van der Waals surface area contributed by atoms with E-state index in [1.54, 1.807) is 7.11 Å². The summed E-state index contributed by atoms with van der Waals surface area (Å²) in [4.78, 5) is 9.34. The molecule has 1 N–H and O–H groups in total. The molecule has 0 aromatic heterocycles. The Morgan fingerprint density at radius 2 is 1.97 bits per heavy atom. The molecule has 0 aliphatic carbocycles. The molecule has 166 valence electrons. The molecule has 2 aliphatic rings. The van der Waals surface area contributed by atoms with E-state index in [1.807, 2.05) is 13.1 Å². The fraction of sp³-hybridized carbons (Fsp3) is 0.400. The number of hydrogen-bond donors (Lipinski definition) is 1. The molecule has 0 saturated carbocycles. The van der Waals surface area contributed by atoms with E-state index in [0.29, 0.717) is 5.92 Å². The number of rotatable bonds is 5. The van der Waals surface area contributed by atoms with Gasteiger partial charge in [-0.2, -0.15) is 0 Å². The molecule has 4 rings (SSSR count). The van der Waals surface area contributed by atoms with E-state index in [2.05, 4.69) is 74.7 Å². The van der Waals surface area contributed by atoms with Crippen LogP contribution in [0, 0.1) is 5.92 Å². The van der Waals surface area contributed by atoms with Crippen molar-refractivity contribution in [3.8, 4) is 5.75 Å². The summed E-state index contributed by atoms with van der Waals surface area (Å²) in [6, 6.07) is 19.0. The molecule has 31 heavy (non-hydrogen) atoms. The molecular weight excluding hydrogens is 499 g/mol. The second-order valence-electron chi connectivity index (χ2n) is 8.02. The van der Waals surface area contributed by atoms with Crippen molar-refractivity contribution < 1.29 is 4.74 Å². The van der Waals surface area contributed by atoms with Crippen LogP contribution in [0.25, 0.3) is 5.57 Å². The van der Waals surface area contributed by atoms with Crippen LogP contribution < -0.4 is 15.0 Å². The minimum atomic E-state index is 0. The van der Waals surface area contributed by atoms with Crippen molar-refractivity contribution in [2.45, 2.75) is 12.8 Å². The number of hydrogen-bond acceptors (Lipinski definition) is 3. The lowest BCUT2D eigenvalue weighted by molar-refractivity contribution is 0.415. The fourth-order valence-corrected chi connectivity index (χ4v) is 4.38. The van der Waals surface area contributed by atoms with Gasteiger partial charge < -0.3 is 19.9 Å². The summed E-state index contributed by atoms with van der Waals surface area (Å²) in [7, 11) is 3.61. The topological polar surface area (TPSA) is 40.1 Å². The number of methoxy groups -OCH3 is 1. The van der Waals surface area contributed by atoms with Crippen LogP contribution in [0.1, 0.15) is 18.4 Å². The Labute approximate surface area is 203 Å². The van der Waals surface area contributed by atoms with Gasteiger partial charge >= 0.3 is 0 Å². The van der Waals surface area contributed by atoms with E-state index in [9.17, 15) is 0 Å². The van der Waals surface area contributed by atoms with Crippen molar-refractivity contribution in [3.63, 3.8) is 0 Å². The standard InChI is InChI=1S/C25H32N4O.HI/c1-26-25(28-15-12-22(13-16-28)21-7-4-3-5-8-21)27-18-20-11-14-29(19-20)23-9-6-10-24(17-23)30-2;/h3-10,12,17,20H,11,13-16,18-19H2,1-2H3,(H,26,27);1H. The summed E-state index contributed by atoms with van der Waals surface area (Å²) in [5.41, 5.74) is 4.02. The maximum absolute atomic E-state index is 5.37. The number of guanidine groups is 1. The Morgan fingerprint density at radius 3 is 2.68 bits per heavy atom. The van der Waals surface area contributed by atoms with Crippen molar-refractivity contribution in [1.29, 1.82) is 0 Å². The molecule has 2 aromatic rings. The van der Waals surface area contributed by atoms with Crippen molar-refractivity contribution in [1.82, 2.24) is 10.2 Å². The molecule has 2 aromatic carbocycles. The average Bonchev–Trinajstić information content (AvgIpc) is 3.30. The van der Waals surface area contributed by atoms with Crippen molar-refractivity contribution in [2.24, 2.45) is 10.9 Å². The van der Waals surface area contributed by atoms with Gasteiger partial charge in [-0.25, -0.2) is 0 Å². The van der Waals surface area contributed by atoms with Gasteiger partial charge in [-0.15, -0.1) is 24.0 Å². The summed E-state index contributed by atoms with van der Waals surface area (Å²) in [5.74, 6) is 2.55. The van der Waals surface area contributed by atoms with E-state index in [4.69, 9.17) is 4.74 Å². The van der Waals surface area contributed by atoms with Gasteiger partial charge in [0.1, 0.15) is 5.75 Å². The Bertz CT molecular complexity index is 899. The van der Waals surface area contributed by atoms with Crippen LogP contribution in [0.2, 0.25) is 0 Å². The average molecular weight is 532 g/mol. The van der Waals surface area contributed by atoms with Gasteiger partial charge in [0.25, 0.3) is 0 Å². The zero-order valence-electron chi connectivity index (χ0n) is 18.5. The second kappa shape index (κ2) is 11.4. The largest absolute Gasteiger partial charge is 0.497 e. The molecular formula is C25H33IN4O. The molecule has 0 amide bonds. The van der Waals surface area contributed by atoms with Crippen molar-refractivity contribution >= 4 is 41.2 Å². The first-order valence-electron chi connectivity index (χ1n) is 10.9. The lowest BCUT2D eigenvalue weighted by atomic mass is 10.00. The Kier molecular flexibility index (Phi) is 8.63. The second-order valence-corrected chi connectivity index (χ2v) is 8.02. The molecule has 5 nitrogen and oxygen atoms in total. The molecule has 1 atom stereocenters. The number of benzene rings is 2. The summed E-state index contributed by atoms with van der Waals surface area (Å²) < 4.78 is 5.37. The van der Waals surface area contributed by atoms with Gasteiger partial charge in [0.15, 0.2) is 5.96 Å². The van der Waals surface area contributed by atoms with Crippen LogP contribution >= 0.6 is 24.0 Å². The molecule has 2 aliphatic heterocycles. The minimum Gasteiger partial charge on any atom is -0.497 e. The van der Waals surface area contributed by atoms with Crippen LogP contribution in [-0.4, -0.2) is 57.7 Å². The molecule has 2 heterocycles. The first-order chi connectivity index (χ1) is 14.8. The van der Waals surface area contributed by atoms with Crippen molar-refractivity contribution in [2.75, 3.05) is 51.8 Å². The van der Waals surface area contributed by atoms with E-state index in [-0.39, 0.29) is 24.0 Å². The summed E-state index contributed by atoms with van der Waals surface area (Å²) in [6.07, 6.45) is 4.59. The van der Waals surface area contributed by atoms with Gasteiger partial charge in [0.05, 0.1) is 7.11 Å². The molecule has 6 heteroatoms. The van der Waals surface area contributed by atoms with Crippen LogP contribution in [0.5, 0.6) is 5.75 Å². The first-order valence-corrected chi connectivity index (χ1v) is 10.9. The fourth-order valence-electron chi connectivity index (χ4n) is 4.38. The van der Waals surface area contributed by atoms with Crippen LogP contribution in [0.3, 0.4) is 0 Å². The van der Waals surface area contributed by atoms with Gasteiger partial charge in [-0.3, -0.25) is 4.99 Å². The monoisotopic (exact) mass is 532 g/mol. The summed E-state index contributed by atoms with van der Waals surface area (Å²) >= 11 is 0. The first kappa shape index (κ1) is 23.4. The normalized spacial score (nSPS) is 19.0. The van der Waals surface area contributed by atoms with Crippen LogP contribution in [0.15, 0.2) is 65.7 Å². The third-order valence-corrected chi connectivity index (χ3v) is 6.12. The van der Waals surface area contributed by atoms with E-state index in [1.165, 1.54) is 23.2 Å². The number of ether oxygens (including phenoxy) is 1. The molecule has 0 radical (unpaired) electrons. The SMILES string of the molecule is CN=C(NCC1CCN(c2cccc(OC)c2)C1)N1CC=C(c2ccccc2)CC1.I. The summed E-state index contributed by atoms with van der Waals surface area (Å²) in [5, 5.41) is 3.63. The highest BCUT2D eigenvalue weighted by molar-refractivity contribution is 14.0. The van der Waals surface area contributed by atoms with Gasteiger partial charge in [0, 0.05) is 51.5 Å². The quantitative estimate of drug-likeness (QED) is 0.350. The van der Waals surface area contributed by atoms with Gasteiger partial charge in [0.2, 0.25) is 0 Å². The predicted molar refractivity (Wildman–Crippen MR) is 141 cm³/mol. The highest BCUT2D eigenvalue weighted by Crippen LogP contribution is 2.27. The van der Waals surface area contributed by atoms with E-state index in [0.717, 1.165) is 50.9 Å². The minimum absolute atomic E-state index is 0. The number of anilines is 1. The van der Waals surface area contributed by atoms with Crippen molar-refractivity contribution in [3.05, 3.63) is 66.2 Å². The van der Waals surface area contributed by atoms with E-state index < -0.39 is 0 Å². The molecule has 1 saturated heterocycles. The van der Waals surface area contributed by atoms with Gasteiger partial charge in [-0.05, 0) is 42.0 Å². The highest BCUT2D eigenvalue weighted by Gasteiger charge is 2.24. The maximum atomic E-state index is 5.37. The molecule has 0 bridgehead atoms. The third-order valence-electron chi connectivity index (χ3n) is 6.12.